The van der Waals surface area contributed by atoms with Crippen LogP contribution in [0, 0.1) is 12.8 Å². The molecule has 22 heavy (non-hydrogen) atoms. The van der Waals surface area contributed by atoms with Crippen LogP contribution in [-0.2, 0) is 0 Å². The number of aryl methyl sites for hydroxylation is 1. The van der Waals surface area contributed by atoms with Crippen LogP contribution >= 0.6 is 0 Å². The van der Waals surface area contributed by atoms with Crippen molar-refractivity contribution in [1.82, 2.24) is 20.3 Å². The molecular weight excluding hydrogens is 280 g/mol. The molecule has 1 atom stereocenters. The zero-order chi connectivity index (χ0) is 16.1. The summed E-state index contributed by atoms with van der Waals surface area (Å²) in [5, 5.41) is 20.3. The minimum atomic E-state index is -0.546. The SMILES string of the molecule is Cc1cccc(-n2cc(C(=O)NCC(O)CC(C)C)nn2)c1. The highest BCUT2D eigenvalue weighted by Crippen LogP contribution is 2.09. The second-order valence-electron chi connectivity index (χ2n) is 5.88. The van der Waals surface area contributed by atoms with Gasteiger partial charge in [0.1, 0.15) is 0 Å². The molecule has 0 fully saturated rings. The third-order valence-corrected chi connectivity index (χ3v) is 3.23. The van der Waals surface area contributed by atoms with Gasteiger partial charge in [-0.1, -0.05) is 31.2 Å². The highest BCUT2D eigenvalue weighted by atomic mass is 16.3. The lowest BCUT2D eigenvalue weighted by Crippen LogP contribution is -2.33. The number of hydrogen-bond acceptors (Lipinski definition) is 4. The Morgan fingerprint density at radius 3 is 2.86 bits per heavy atom. The molecule has 1 heterocycles. The average Bonchev–Trinajstić information content (AvgIpc) is 2.94. The van der Waals surface area contributed by atoms with Gasteiger partial charge in [-0.25, -0.2) is 4.68 Å². The lowest BCUT2D eigenvalue weighted by molar-refractivity contribution is 0.0895. The van der Waals surface area contributed by atoms with E-state index in [0.717, 1.165) is 11.3 Å². The Morgan fingerprint density at radius 1 is 1.41 bits per heavy atom. The first-order valence-corrected chi connectivity index (χ1v) is 7.41. The van der Waals surface area contributed by atoms with Crippen molar-refractivity contribution in [1.29, 1.82) is 0 Å². The third-order valence-electron chi connectivity index (χ3n) is 3.23. The molecule has 2 aromatic rings. The zero-order valence-corrected chi connectivity index (χ0v) is 13.2. The third kappa shape index (κ3) is 4.39. The van der Waals surface area contributed by atoms with Crippen LogP contribution < -0.4 is 5.32 Å². The van der Waals surface area contributed by atoms with Crippen molar-refractivity contribution < 1.29 is 9.90 Å². The number of aromatic nitrogens is 3. The minimum absolute atomic E-state index is 0.217. The highest BCUT2D eigenvalue weighted by Gasteiger charge is 2.14. The van der Waals surface area contributed by atoms with Gasteiger partial charge < -0.3 is 10.4 Å². The number of aliphatic hydroxyl groups excluding tert-OH is 1. The van der Waals surface area contributed by atoms with E-state index in [1.165, 1.54) is 0 Å². The van der Waals surface area contributed by atoms with Gasteiger partial charge in [0.25, 0.3) is 5.91 Å². The average molecular weight is 302 g/mol. The molecule has 2 rings (SSSR count). The van der Waals surface area contributed by atoms with Gasteiger partial charge in [-0.2, -0.15) is 0 Å². The number of nitrogens with one attached hydrogen (secondary N) is 1. The van der Waals surface area contributed by atoms with Gasteiger partial charge in [-0.3, -0.25) is 4.79 Å². The Balaban J connectivity index is 1.97. The number of rotatable bonds is 6. The minimum Gasteiger partial charge on any atom is -0.391 e. The summed E-state index contributed by atoms with van der Waals surface area (Å²) >= 11 is 0. The van der Waals surface area contributed by atoms with Crippen molar-refractivity contribution >= 4 is 5.91 Å². The fraction of sp³-hybridized carbons (Fsp3) is 0.438. The summed E-state index contributed by atoms with van der Waals surface area (Å²) in [5.41, 5.74) is 2.19. The number of carbonyl (C=O) groups is 1. The van der Waals surface area contributed by atoms with E-state index in [1.54, 1.807) is 10.9 Å². The summed E-state index contributed by atoms with van der Waals surface area (Å²) in [6.07, 6.45) is 1.69. The van der Waals surface area contributed by atoms with Crippen molar-refractivity contribution in [2.75, 3.05) is 6.54 Å². The highest BCUT2D eigenvalue weighted by molar-refractivity contribution is 5.91. The molecule has 2 N–H and O–H groups in total. The molecule has 1 aromatic heterocycles. The van der Waals surface area contributed by atoms with Gasteiger partial charge >= 0.3 is 0 Å². The van der Waals surface area contributed by atoms with E-state index in [0.29, 0.717) is 12.3 Å². The molecule has 0 bridgehead atoms. The van der Waals surface area contributed by atoms with Crippen molar-refractivity contribution in [3.63, 3.8) is 0 Å². The summed E-state index contributed by atoms with van der Waals surface area (Å²) in [4.78, 5) is 12.0. The largest absolute Gasteiger partial charge is 0.391 e. The Hall–Kier alpha value is -2.21. The Kier molecular flexibility index (Phi) is 5.27. The lowest BCUT2D eigenvalue weighted by Gasteiger charge is -2.12. The maximum absolute atomic E-state index is 12.0. The molecule has 6 nitrogen and oxygen atoms in total. The molecule has 6 heteroatoms. The smallest absolute Gasteiger partial charge is 0.273 e. The maximum Gasteiger partial charge on any atom is 0.273 e. The molecule has 1 amide bonds. The van der Waals surface area contributed by atoms with Gasteiger partial charge in [-0.15, -0.1) is 5.10 Å². The number of hydrogen-bond donors (Lipinski definition) is 2. The van der Waals surface area contributed by atoms with Crippen LogP contribution in [0.5, 0.6) is 0 Å². The van der Waals surface area contributed by atoms with Gasteiger partial charge in [0.15, 0.2) is 5.69 Å². The molecule has 118 valence electrons. The van der Waals surface area contributed by atoms with Crippen LogP contribution in [0.15, 0.2) is 30.5 Å². The molecule has 1 aromatic carbocycles. The fourth-order valence-corrected chi connectivity index (χ4v) is 2.19. The first-order chi connectivity index (χ1) is 10.5. The van der Waals surface area contributed by atoms with Crippen molar-refractivity contribution in [2.45, 2.75) is 33.3 Å². The van der Waals surface area contributed by atoms with E-state index in [1.807, 2.05) is 45.0 Å². The predicted molar refractivity (Wildman–Crippen MR) is 83.9 cm³/mol. The van der Waals surface area contributed by atoms with E-state index >= 15 is 0 Å². The Labute approximate surface area is 130 Å². The molecule has 0 aliphatic carbocycles. The molecule has 0 spiro atoms. The number of amides is 1. The van der Waals surface area contributed by atoms with Crippen LogP contribution in [0.4, 0.5) is 0 Å². The van der Waals surface area contributed by atoms with Crippen molar-refractivity contribution in [3.8, 4) is 5.69 Å². The van der Waals surface area contributed by atoms with E-state index in [-0.39, 0.29) is 18.1 Å². The summed E-state index contributed by atoms with van der Waals surface area (Å²) in [6, 6.07) is 7.77. The van der Waals surface area contributed by atoms with E-state index < -0.39 is 6.10 Å². The molecular formula is C16H22N4O2. The van der Waals surface area contributed by atoms with Crippen LogP contribution in [0.1, 0.15) is 36.3 Å². The second-order valence-corrected chi connectivity index (χ2v) is 5.88. The monoisotopic (exact) mass is 302 g/mol. The van der Waals surface area contributed by atoms with E-state index in [9.17, 15) is 9.90 Å². The first-order valence-electron chi connectivity index (χ1n) is 7.41. The number of aliphatic hydroxyl groups is 1. The summed E-state index contributed by atoms with van der Waals surface area (Å²) in [7, 11) is 0. The van der Waals surface area contributed by atoms with E-state index in [4.69, 9.17) is 0 Å². The number of benzene rings is 1. The summed E-state index contributed by atoms with van der Waals surface area (Å²) in [6.45, 7) is 6.26. The zero-order valence-electron chi connectivity index (χ0n) is 13.2. The van der Waals surface area contributed by atoms with Gasteiger partial charge in [0, 0.05) is 6.54 Å². The van der Waals surface area contributed by atoms with Crippen LogP contribution in [-0.4, -0.2) is 38.7 Å². The van der Waals surface area contributed by atoms with Gasteiger partial charge in [-0.05, 0) is 37.0 Å². The standard InChI is InChI=1S/C16H22N4O2/c1-11(2)7-14(21)9-17-16(22)15-10-20(19-18-15)13-6-4-5-12(3)8-13/h4-6,8,10-11,14,21H,7,9H2,1-3H3,(H,17,22). The van der Waals surface area contributed by atoms with Gasteiger partial charge in [0.05, 0.1) is 18.0 Å². The lowest BCUT2D eigenvalue weighted by atomic mass is 10.1. The predicted octanol–water partition coefficient (Wildman–Crippen LogP) is 1.71. The summed E-state index contributed by atoms with van der Waals surface area (Å²) < 4.78 is 1.56. The molecule has 1 unspecified atom stereocenters. The van der Waals surface area contributed by atoms with Crippen LogP contribution in [0.25, 0.3) is 5.69 Å². The number of nitrogens with zero attached hydrogens (tertiary/aromatic N) is 3. The van der Waals surface area contributed by atoms with Crippen molar-refractivity contribution in [3.05, 3.63) is 41.7 Å². The van der Waals surface area contributed by atoms with Gasteiger partial charge in [0.2, 0.25) is 0 Å². The molecule has 0 aliphatic rings. The van der Waals surface area contributed by atoms with Crippen LogP contribution in [0.2, 0.25) is 0 Å². The first kappa shape index (κ1) is 16.2. The molecule has 0 saturated heterocycles. The Morgan fingerprint density at radius 2 is 2.18 bits per heavy atom. The molecule has 0 radical (unpaired) electrons. The number of carbonyl (C=O) groups excluding carboxylic acids is 1. The van der Waals surface area contributed by atoms with E-state index in [2.05, 4.69) is 15.6 Å². The van der Waals surface area contributed by atoms with Crippen molar-refractivity contribution in [2.24, 2.45) is 5.92 Å². The maximum atomic E-state index is 12.0. The topological polar surface area (TPSA) is 80.0 Å². The van der Waals surface area contributed by atoms with Crippen LogP contribution in [0.3, 0.4) is 0 Å². The second kappa shape index (κ2) is 7.17. The fourth-order valence-electron chi connectivity index (χ4n) is 2.19. The molecule has 0 aliphatic heterocycles. The Bertz CT molecular complexity index is 637. The quantitative estimate of drug-likeness (QED) is 0.851. The normalized spacial score (nSPS) is 12.4. The molecule has 0 saturated carbocycles. The summed E-state index contributed by atoms with van der Waals surface area (Å²) in [5.74, 6) is 0.0517.